The Hall–Kier alpha value is -1.83. The molecular formula is C17H22N2O2. The highest BCUT2D eigenvalue weighted by atomic mass is 16.2. The van der Waals surface area contributed by atoms with Crippen LogP contribution in [0.4, 0.5) is 0 Å². The number of hydrogen-bond acceptors (Lipinski definition) is 3. The first-order chi connectivity index (χ1) is 10.0. The molecule has 1 aliphatic rings. The molecule has 0 radical (unpaired) electrons. The van der Waals surface area contributed by atoms with E-state index in [-0.39, 0.29) is 12.5 Å². The zero-order valence-corrected chi connectivity index (χ0v) is 12.8. The van der Waals surface area contributed by atoms with Crippen LogP contribution < -0.4 is 0 Å². The third-order valence-electron chi connectivity index (χ3n) is 3.97. The van der Waals surface area contributed by atoms with Gasteiger partial charge in [-0.2, -0.15) is 0 Å². The maximum Gasteiger partial charge on any atom is 0.253 e. The van der Waals surface area contributed by atoms with Gasteiger partial charge in [0.25, 0.3) is 5.91 Å². The Morgan fingerprint density at radius 2 is 2.00 bits per heavy atom. The molecule has 1 aromatic carbocycles. The summed E-state index contributed by atoms with van der Waals surface area (Å²) in [6.07, 6.45) is 0. The molecule has 1 amide bonds. The van der Waals surface area contributed by atoms with Crippen molar-refractivity contribution in [3.63, 3.8) is 0 Å². The van der Waals surface area contributed by atoms with Crippen molar-refractivity contribution in [2.45, 2.75) is 13.0 Å². The number of likely N-dealkylation sites (N-methyl/N-ethyl adjacent to an activating group) is 1. The summed E-state index contributed by atoms with van der Waals surface area (Å²) in [7, 11) is 4.12. The van der Waals surface area contributed by atoms with E-state index in [1.165, 1.54) is 0 Å². The smallest absolute Gasteiger partial charge is 0.253 e. The summed E-state index contributed by atoms with van der Waals surface area (Å²) in [4.78, 5) is 16.6. The van der Waals surface area contributed by atoms with E-state index in [9.17, 15) is 4.79 Å². The molecular weight excluding hydrogens is 264 g/mol. The summed E-state index contributed by atoms with van der Waals surface area (Å²) in [5.41, 5.74) is 1.50. The minimum absolute atomic E-state index is 0.0767. The molecule has 21 heavy (non-hydrogen) atoms. The van der Waals surface area contributed by atoms with Crippen molar-refractivity contribution in [1.82, 2.24) is 9.80 Å². The van der Waals surface area contributed by atoms with Crippen LogP contribution in [-0.4, -0.2) is 60.6 Å². The molecule has 1 aliphatic heterocycles. The summed E-state index contributed by atoms with van der Waals surface area (Å²) in [6, 6.07) is 7.66. The molecule has 1 aromatic rings. The Kier molecular flexibility index (Phi) is 5.00. The van der Waals surface area contributed by atoms with E-state index in [2.05, 4.69) is 37.8 Å². The van der Waals surface area contributed by atoms with Crippen LogP contribution in [0.25, 0.3) is 0 Å². The molecule has 0 aliphatic carbocycles. The van der Waals surface area contributed by atoms with Crippen LogP contribution in [0.5, 0.6) is 0 Å². The van der Waals surface area contributed by atoms with Crippen molar-refractivity contribution in [2.24, 2.45) is 5.92 Å². The van der Waals surface area contributed by atoms with Gasteiger partial charge in [-0.3, -0.25) is 4.79 Å². The van der Waals surface area contributed by atoms with Crippen LogP contribution >= 0.6 is 0 Å². The Morgan fingerprint density at radius 1 is 1.33 bits per heavy atom. The highest BCUT2D eigenvalue weighted by Crippen LogP contribution is 2.22. The van der Waals surface area contributed by atoms with Crippen molar-refractivity contribution < 1.29 is 9.90 Å². The standard InChI is InChI=1S/C17H22N2O2/c1-13-11-19(12-16(13)18(2)3)17(21)15-8-6-14(7-9-15)5-4-10-20/h6-9,13,16,20H,10-12H2,1-3H3. The molecule has 1 heterocycles. The van der Waals surface area contributed by atoms with Crippen LogP contribution in [0, 0.1) is 17.8 Å². The van der Waals surface area contributed by atoms with E-state index >= 15 is 0 Å². The lowest BCUT2D eigenvalue weighted by Gasteiger charge is -2.22. The van der Waals surface area contributed by atoms with Crippen molar-refractivity contribution >= 4 is 5.91 Å². The van der Waals surface area contributed by atoms with Crippen LogP contribution in [0.3, 0.4) is 0 Å². The van der Waals surface area contributed by atoms with Gasteiger partial charge in [-0.15, -0.1) is 0 Å². The van der Waals surface area contributed by atoms with Gasteiger partial charge in [0.1, 0.15) is 6.61 Å². The number of benzene rings is 1. The molecule has 1 fully saturated rings. The molecule has 4 nitrogen and oxygen atoms in total. The topological polar surface area (TPSA) is 43.8 Å². The fourth-order valence-electron chi connectivity index (χ4n) is 2.81. The SMILES string of the molecule is CC1CN(C(=O)c2ccc(C#CCO)cc2)CC1N(C)C. The number of carbonyl (C=O) groups excluding carboxylic acids is 1. The second-order valence-corrected chi connectivity index (χ2v) is 5.76. The van der Waals surface area contributed by atoms with E-state index in [1.54, 1.807) is 12.1 Å². The van der Waals surface area contributed by atoms with Crippen LogP contribution in [0.15, 0.2) is 24.3 Å². The van der Waals surface area contributed by atoms with Gasteiger partial charge < -0.3 is 14.9 Å². The third kappa shape index (κ3) is 3.63. The fraction of sp³-hybridized carbons (Fsp3) is 0.471. The summed E-state index contributed by atoms with van der Waals surface area (Å²) in [6.45, 7) is 3.61. The van der Waals surface area contributed by atoms with Gasteiger partial charge in [0.15, 0.2) is 0 Å². The van der Waals surface area contributed by atoms with Crippen LogP contribution in [0.1, 0.15) is 22.8 Å². The minimum atomic E-state index is -0.154. The maximum absolute atomic E-state index is 12.5. The minimum Gasteiger partial charge on any atom is -0.384 e. The monoisotopic (exact) mass is 286 g/mol. The molecule has 1 N–H and O–H groups in total. The van der Waals surface area contributed by atoms with Crippen LogP contribution in [0.2, 0.25) is 0 Å². The molecule has 0 saturated carbocycles. The number of aliphatic hydroxyl groups excluding tert-OH is 1. The van der Waals surface area contributed by atoms with Crippen LogP contribution in [-0.2, 0) is 0 Å². The van der Waals surface area contributed by atoms with Gasteiger partial charge in [-0.05, 0) is 44.3 Å². The summed E-state index contributed by atoms with van der Waals surface area (Å²) >= 11 is 0. The largest absolute Gasteiger partial charge is 0.384 e. The van der Waals surface area contributed by atoms with E-state index in [1.807, 2.05) is 17.0 Å². The molecule has 112 valence electrons. The van der Waals surface area contributed by atoms with E-state index in [0.29, 0.717) is 17.5 Å². The summed E-state index contributed by atoms with van der Waals surface area (Å²) < 4.78 is 0. The molecule has 1 saturated heterocycles. The highest BCUT2D eigenvalue weighted by Gasteiger charge is 2.33. The average Bonchev–Trinajstić information content (AvgIpc) is 2.87. The second-order valence-electron chi connectivity index (χ2n) is 5.76. The lowest BCUT2D eigenvalue weighted by molar-refractivity contribution is 0.0781. The predicted octanol–water partition coefficient (Wildman–Crippen LogP) is 1.05. The van der Waals surface area contributed by atoms with Crippen molar-refractivity contribution in [3.8, 4) is 11.8 Å². The molecule has 0 spiro atoms. The number of rotatable bonds is 2. The number of aliphatic hydroxyl groups is 1. The average molecular weight is 286 g/mol. The molecule has 2 unspecified atom stereocenters. The Balaban J connectivity index is 2.07. The zero-order valence-electron chi connectivity index (χ0n) is 12.8. The van der Waals surface area contributed by atoms with Gasteiger partial charge in [0.05, 0.1) is 0 Å². The van der Waals surface area contributed by atoms with Gasteiger partial charge >= 0.3 is 0 Å². The normalized spacial score (nSPS) is 21.3. The Morgan fingerprint density at radius 3 is 2.52 bits per heavy atom. The predicted molar refractivity (Wildman–Crippen MR) is 82.9 cm³/mol. The Bertz CT molecular complexity index is 554. The summed E-state index contributed by atoms with van der Waals surface area (Å²) in [5, 5.41) is 8.67. The first kappa shape index (κ1) is 15.6. The zero-order chi connectivity index (χ0) is 15.4. The quantitative estimate of drug-likeness (QED) is 0.827. The van der Waals surface area contributed by atoms with Gasteiger partial charge in [0, 0.05) is 30.3 Å². The Labute approximate surface area is 126 Å². The van der Waals surface area contributed by atoms with Gasteiger partial charge in [-0.1, -0.05) is 18.8 Å². The maximum atomic E-state index is 12.5. The highest BCUT2D eigenvalue weighted by molar-refractivity contribution is 5.94. The third-order valence-corrected chi connectivity index (χ3v) is 3.97. The molecule has 0 bridgehead atoms. The first-order valence-corrected chi connectivity index (χ1v) is 7.18. The molecule has 0 aromatic heterocycles. The van der Waals surface area contributed by atoms with E-state index < -0.39 is 0 Å². The van der Waals surface area contributed by atoms with Gasteiger partial charge in [-0.25, -0.2) is 0 Å². The lowest BCUT2D eigenvalue weighted by atomic mass is 10.1. The van der Waals surface area contributed by atoms with Crippen molar-refractivity contribution in [3.05, 3.63) is 35.4 Å². The second kappa shape index (κ2) is 6.75. The van der Waals surface area contributed by atoms with E-state index in [4.69, 9.17) is 5.11 Å². The molecule has 4 heteroatoms. The first-order valence-electron chi connectivity index (χ1n) is 7.18. The number of hydrogen-bond donors (Lipinski definition) is 1. The fourth-order valence-corrected chi connectivity index (χ4v) is 2.81. The summed E-state index contributed by atoms with van der Waals surface area (Å²) in [5.74, 6) is 5.99. The number of amides is 1. The van der Waals surface area contributed by atoms with Gasteiger partial charge in [0.2, 0.25) is 0 Å². The van der Waals surface area contributed by atoms with Crippen molar-refractivity contribution in [2.75, 3.05) is 33.8 Å². The van der Waals surface area contributed by atoms with E-state index in [0.717, 1.165) is 18.7 Å². The number of nitrogens with zero attached hydrogens (tertiary/aromatic N) is 2. The van der Waals surface area contributed by atoms with Crippen molar-refractivity contribution in [1.29, 1.82) is 0 Å². The molecule has 2 atom stereocenters. The molecule has 2 rings (SSSR count). The number of likely N-dealkylation sites (tertiary alicyclic amines) is 1. The number of carbonyl (C=O) groups is 1. The lowest BCUT2D eigenvalue weighted by Crippen LogP contribution is -2.35.